The van der Waals surface area contributed by atoms with Crippen molar-refractivity contribution in [1.82, 2.24) is 10.3 Å². The van der Waals surface area contributed by atoms with E-state index in [4.69, 9.17) is 0 Å². The summed E-state index contributed by atoms with van der Waals surface area (Å²) in [6, 6.07) is 5.63. The first kappa shape index (κ1) is 17.9. The minimum absolute atomic E-state index is 0.0410. The number of rotatable bonds is 4. The predicted molar refractivity (Wildman–Crippen MR) is 97.5 cm³/mol. The van der Waals surface area contributed by atoms with Crippen molar-refractivity contribution < 1.29 is 14.7 Å². The van der Waals surface area contributed by atoms with Crippen LogP contribution in [0.1, 0.15) is 57.2 Å². The number of aromatic amines is 1. The standard InChI is InChI=1S/C20H22N2O4/c1-11-7-8-14(9-12(11)2)17(20(25)26)22-19(24)15-10-13-5-3-4-6-16(13)21-18(15)23/h7-10,17H,3-6H2,1-2H3,(H,21,23)(H,22,24)(H,25,26). The van der Waals surface area contributed by atoms with Crippen molar-refractivity contribution in [1.29, 1.82) is 0 Å². The van der Waals surface area contributed by atoms with Crippen LogP contribution in [0.3, 0.4) is 0 Å². The molecule has 1 aliphatic carbocycles. The number of hydrogen-bond acceptors (Lipinski definition) is 3. The lowest BCUT2D eigenvalue weighted by Crippen LogP contribution is -2.37. The molecule has 0 radical (unpaired) electrons. The van der Waals surface area contributed by atoms with Crippen LogP contribution in [0.4, 0.5) is 0 Å². The van der Waals surface area contributed by atoms with E-state index in [2.05, 4.69) is 10.3 Å². The molecular formula is C20H22N2O4. The molecule has 1 amide bonds. The third-order valence-corrected chi connectivity index (χ3v) is 4.97. The van der Waals surface area contributed by atoms with E-state index >= 15 is 0 Å². The Bertz CT molecular complexity index is 930. The van der Waals surface area contributed by atoms with E-state index in [9.17, 15) is 19.5 Å². The Balaban J connectivity index is 1.90. The van der Waals surface area contributed by atoms with Crippen molar-refractivity contribution >= 4 is 11.9 Å². The fourth-order valence-corrected chi connectivity index (χ4v) is 3.28. The summed E-state index contributed by atoms with van der Waals surface area (Å²) in [5, 5.41) is 12.0. The monoisotopic (exact) mass is 354 g/mol. The number of amides is 1. The van der Waals surface area contributed by atoms with Gasteiger partial charge in [0, 0.05) is 5.69 Å². The van der Waals surface area contributed by atoms with Gasteiger partial charge in [-0.05, 0) is 67.9 Å². The number of nitrogens with one attached hydrogen (secondary N) is 2. The van der Waals surface area contributed by atoms with Gasteiger partial charge in [-0.1, -0.05) is 18.2 Å². The van der Waals surface area contributed by atoms with Crippen LogP contribution in [-0.4, -0.2) is 22.0 Å². The number of benzene rings is 1. The Hall–Kier alpha value is -2.89. The molecule has 0 saturated heterocycles. The van der Waals surface area contributed by atoms with Crippen LogP contribution in [0, 0.1) is 13.8 Å². The topological polar surface area (TPSA) is 99.3 Å². The van der Waals surface area contributed by atoms with Crippen molar-refractivity contribution in [2.24, 2.45) is 0 Å². The third-order valence-electron chi connectivity index (χ3n) is 4.97. The highest BCUT2D eigenvalue weighted by Gasteiger charge is 2.25. The van der Waals surface area contributed by atoms with Gasteiger partial charge in [-0.2, -0.15) is 0 Å². The van der Waals surface area contributed by atoms with Gasteiger partial charge >= 0.3 is 5.97 Å². The van der Waals surface area contributed by atoms with E-state index in [1.165, 1.54) is 0 Å². The van der Waals surface area contributed by atoms with Crippen LogP contribution >= 0.6 is 0 Å². The Kier molecular flexibility index (Phi) is 4.93. The summed E-state index contributed by atoms with van der Waals surface area (Å²) in [5.74, 6) is -1.85. The van der Waals surface area contributed by atoms with Crippen LogP contribution in [-0.2, 0) is 17.6 Å². The van der Waals surface area contributed by atoms with Crippen molar-refractivity contribution in [3.05, 3.63) is 68.1 Å². The van der Waals surface area contributed by atoms with Crippen molar-refractivity contribution in [2.45, 2.75) is 45.6 Å². The zero-order chi connectivity index (χ0) is 18.8. The van der Waals surface area contributed by atoms with Gasteiger partial charge in [-0.25, -0.2) is 4.79 Å². The fourth-order valence-electron chi connectivity index (χ4n) is 3.28. The maximum Gasteiger partial charge on any atom is 0.330 e. The van der Waals surface area contributed by atoms with Crippen molar-refractivity contribution in [2.75, 3.05) is 0 Å². The smallest absolute Gasteiger partial charge is 0.330 e. The number of carboxylic acids is 1. The number of fused-ring (bicyclic) bond motifs is 1. The van der Waals surface area contributed by atoms with Gasteiger partial charge in [0.25, 0.3) is 11.5 Å². The molecule has 0 bridgehead atoms. The molecular weight excluding hydrogens is 332 g/mol. The van der Waals surface area contributed by atoms with Gasteiger partial charge in [0.15, 0.2) is 6.04 Å². The second-order valence-electron chi connectivity index (χ2n) is 6.81. The molecule has 0 fully saturated rings. The SMILES string of the molecule is Cc1ccc(C(NC(=O)c2cc3c([nH]c2=O)CCCC3)C(=O)O)cc1C. The number of carbonyl (C=O) groups is 2. The molecule has 1 aromatic carbocycles. The maximum absolute atomic E-state index is 12.6. The van der Waals surface area contributed by atoms with E-state index in [1.54, 1.807) is 18.2 Å². The molecule has 1 atom stereocenters. The lowest BCUT2D eigenvalue weighted by molar-refractivity contribution is -0.139. The average molecular weight is 354 g/mol. The van der Waals surface area contributed by atoms with Crippen molar-refractivity contribution in [3.63, 3.8) is 0 Å². The largest absolute Gasteiger partial charge is 0.479 e. The lowest BCUT2D eigenvalue weighted by atomic mass is 9.94. The second kappa shape index (κ2) is 7.15. The Labute approximate surface area is 151 Å². The highest BCUT2D eigenvalue weighted by molar-refractivity contribution is 5.96. The third kappa shape index (κ3) is 3.54. The van der Waals surface area contributed by atoms with Crippen molar-refractivity contribution in [3.8, 4) is 0 Å². The molecule has 6 heteroatoms. The van der Waals surface area contributed by atoms with Gasteiger partial charge in [0.2, 0.25) is 0 Å². The molecule has 26 heavy (non-hydrogen) atoms. The predicted octanol–water partition coefficient (Wildman–Crippen LogP) is 2.43. The fraction of sp³-hybridized carbons (Fsp3) is 0.350. The van der Waals surface area contributed by atoms with Gasteiger partial charge < -0.3 is 15.4 Å². The molecule has 0 aliphatic heterocycles. The molecule has 0 saturated carbocycles. The number of pyridine rings is 1. The molecule has 3 N–H and O–H groups in total. The highest BCUT2D eigenvalue weighted by atomic mass is 16.4. The van der Waals surface area contributed by atoms with E-state index < -0.39 is 23.5 Å². The lowest BCUT2D eigenvalue weighted by Gasteiger charge is -2.18. The van der Waals surface area contributed by atoms with Gasteiger partial charge in [-0.15, -0.1) is 0 Å². The van der Waals surface area contributed by atoms with E-state index in [1.807, 2.05) is 19.9 Å². The summed E-state index contributed by atoms with van der Waals surface area (Å²) in [7, 11) is 0. The highest BCUT2D eigenvalue weighted by Crippen LogP contribution is 2.20. The second-order valence-corrected chi connectivity index (χ2v) is 6.81. The van der Waals surface area contributed by atoms with Crippen LogP contribution in [0.2, 0.25) is 0 Å². The molecule has 2 aromatic rings. The number of aryl methyl sites for hydroxylation is 4. The first-order chi connectivity index (χ1) is 12.4. The molecule has 0 spiro atoms. The molecule has 1 unspecified atom stereocenters. The Morgan fingerprint density at radius 2 is 1.85 bits per heavy atom. The minimum atomic E-state index is -1.21. The first-order valence-corrected chi connectivity index (χ1v) is 8.72. The quantitative estimate of drug-likeness (QED) is 0.785. The Morgan fingerprint density at radius 1 is 1.12 bits per heavy atom. The van der Waals surface area contributed by atoms with Crippen LogP contribution in [0.5, 0.6) is 0 Å². The number of aliphatic carboxylic acids is 1. The van der Waals surface area contributed by atoms with Gasteiger partial charge in [-0.3, -0.25) is 9.59 Å². The molecule has 1 heterocycles. The zero-order valence-corrected chi connectivity index (χ0v) is 14.9. The molecule has 1 aromatic heterocycles. The van der Waals surface area contributed by atoms with Gasteiger partial charge in [0.05, 0.1) is 0 Å². The summed E-state index contributed by atoms with van der Waals surface area (Å²) in [6.07, 6.45) is 3.64. The number of H-pyrrole nitrogens is 1. The van der Waals surface area contributed by atoms with Gasteiger partial charge in [0.1, 0.15) is 5.56 Å². The molecule has 3 rings (SSSR count). The number of carboxylic acid groups (broad SMARTS) is 1. The van der Waals surface area contributed by atoms with Crippen LogP contribution in [0.25, 0.3) is 0 Å². The summed E-state index contributed by atoms with van der Waals surface area (Å²) in [6.45, 7) is 3.81. The summed E-state index contributed by atoms with van der Waals surface area (Å²) in [4.78, 5) is 39.3. The van der Waals surface area contributed by atoms with E-state index in [0.29, 0.717) is 5.56 Å². The minimum Gasteiger partial charge on any atom is -0.479 e. The number of hydrogen-bond donors (Lipinski definition) is 3. The number of carbonyl (C=O) groups excluding carboxylic acids is 1. The normalized spacial score (nSPS) is 14.4. The first-order valence-electron chi connectivity index (χ1n) is 8.72. The summed E-state index contributed by atoms with van der Waals surface area (Å²) in [5.41, 5.74) is 3.77. The molecule has 6 nitrogen and oxygen atoms in total. The molecule has 1 aliphatic rings. The van der Waals surface area contributed by atoms with E-state index in [-0.39, 0.29) is 5.56 Å². The van der Waals surface area contributed by atoms with Crippen LogP contribution in [0.15, 0.2) is 29.1 Å². The van der Waals surface area contributed by atoms with Crippen LogP contribution < -0.4 is 10.9 Å². The zero-order valence-electron chi connectivity index (χ0n) is 14.9. The number of aromatic nitrogens is 1. The Morgan fingerprint density at radius 3 is 2.54 bits per heavy atom. The summed E-state index contributed by atoms with van der Waals surface area (Å²) < 4.78 is 0. The molecule has 136 valence electrons. The van der Waals surface area contributed by atoms with E-state index in [0.717, 1.165) is 48.1 Å². The summed E-state index contributed by atoms with van der Waals surface area (Å²) >= 11 is 0. The average Bonchev–Trinajstić information content (AvgIpc) is 2.61. The maximum atomic E-state index is 12.6.